The van der Waals surface area contributed by atoms with E-state index in [9.17, 15) is 4.79 Å². The minimum atomic E-state index is -0.134. The third-order valence-corrected chi connectivity index (χ3v) is 2.55. The second-order valence-electron chi connectivity index (χ2n) is 3.76. The monoisotopic (exact) mass is 217 g/mol. The standard InChI is InChI=1S/C10H23N3O2/c1-5-13(9(3)7-15-4)8(2)6-10(14)12-11/h8-9H,5-7,11H2,1-4H3,(H,12,14). The van der Waals surface area contributed by atoms with Crippen molar-refractivity contribution in [2.24, 2.45) is 5.84 Å². The summed E-state index contributed by atoms with van der Waals surface area (Å²) in [6.45, 7) is 7.74. The Morgan fingerprint density at radius 2 is 2.07 bits per heavy atom. The van der Waals surface area contributed by atoms with Gasteiger partial charge in [-0.25, -0.2) is 5.84 Å². The molecule has 0 heterocycles. The molecule has 1 amide bonds. The van der Waals surface area contributed by atoms with Crippen molar-refractivity contribution in [3.05, 3.63) is 0 Å². The highest BCUT2D eigenvalue weighted by Crippen LogP contribution is 2.08. The number of likely N-dealkylation sites (N-methyl/N-ethyl adjacent to an activating group) is 1. The molecule has 0 spiro atoms. The number of methoxy groups -OCH3 is 1. The molecule has 0 aliphatic heterocycles. The van der Waals surface area contributed by atoms with E-state index >= 15 is 0 Å². The van der Waals surface area contributed by atoms with Crippen LogP contribution in [-0.2, 0) is 9.53 Å². The maximum atomic E-state index is 11.1. The lowest BCUT2D eigenvalue weighted by molar-refractivity contribution is -0.122. The predicted molar refractivity (Wildman–Crippen MR) is 60.1 cm³/mol. The Labute approximate surface area is 91.9 Å². The highest BCUT2D eigenvalue weighted by Gasteiger charge is 2.20. The fraction of sp³-hybridized carbons (Fsp3) is 0.900. The lowest BCUT2D eigenvalue weighted by Gasteiger charge is -2.32. The van der Waals surface area contributed by atoms with Crippen LogP contribution in [0.15, 0.2) is 0 Å². The molecular weight excluding hydrogens is 194 g/mol. The minimum absolute atomic E-state index is 0.134. The van der Waals surface area contributed by atoms with Gasteiger partial charge in [-0.15, -0.1) is 0 Å². The molecule has 90 valence electrons. The maximum absolute atomic E-state index is 11.1. The zero-order chi connectivity index (χ0) is 11.8. The van der Waals surface area contributed by atoms with Gasteiger partial charge in [-0.05, 0) is 20.4 Å². The molecule has 0 fully saturated rings. The zero-order valence-electron chi connectivity index (χ0n) is 10.1. The van der Waals surface area contributed by atoms with E-state index in [1.165, 1.54) is 0 Å². The summed E-state index contributed by atoms with van der Waals surface area (Å²) >= 11 is 0. The largest absolute Gasteiger partial charge is 0.383 e. The summed E-state index contributed by atoms with van der Waals surface area (Å²) in [6.07, 6.45) is 0.415. The number of carbonyl (C=O) groups is 1. The van der Waals surface area contributed by atoms with E-state index < -0.39 is 0 Å². The van der Waals surface area contributed by atoms with Crippen LogP contribution in [0.4, 0.5) is 0 Å². The molecular formula is C10H23N3O2. The van der Waals surface area contributed by atoms with Gasteiger partial charge in [-0.3, -0.25) is 15.1 Å². The predicted octanol–water partition coefficient (Wildman–Crippen LogP) is 0.112. The first-order valence-corrected chi connectivity index (χ1v) is 5.30. The molecule has 2 unspecified atom stereocenters. The van der Waals surface area contributed by atoms with E-state index in [-0.39, 0.29) is 11.9 Å². The highest BCUT2D eigenvalue weighted by molar-refractivity contribution is 5.75. The molecule has 0 radical (unpaired) electrons. The van der Waals surface area contributed by atoms with Crippen LogP contribution in [0.2, 0.25) is 0 Å². The zero-order valence-corrected chi connectivity index (χ0v) is 10.1. The molecule has 0 saturated heterocycles. The van der Waals surface area contributed by atoms with Crippen LogP contribution in [0, 0.1) is 0 Å². The van der Waals surface area contributed by atoms with Crippen LogP contribution in [0.5, 0.6) is 0 Å². The number of hydrazine groups is 1. The van der Waals surface area contributed by atoms with Crippen molar-refractivity contribution in [3.8, 4) is 0 Å². The van der Waals surface area contributed by atoms with Crippen LogP contribution >= 0.6 is 0 Å². The van der Waals surface area contributed by atoms with Crippen LogP contribution < -0.4 is 11.3 Å². The van der Waals surface area contributed by atoms with E-state index in [2.05, 4.69) is 24.2 Å². The molecule has 0 aromatic carbocycles. The first-order chi connectivity index (χ1) is 7.06. The number of carbonyl (C=O) groups excluding carboxylic acids is 1. The average Bonchev–Trinajstić information content (AvgIpc) is 2.19. The fourth-order valence-corrected chi connectivity index (χ4v) is 1.84. The third kappa shape index (κ3) is 5.11. The second kappa shape index (κ2) is 7.62. The Kier molecular flexibility index (Phi) is 7.29. The number of nitrogens with one attached hydrogen (secondary N) is 1. The van der Waals surface area contributed by atoms with Crippen molar-refractivity contribution in [2.75, 3.05) is 20.3 Å². The van der Waals surface area contributed by atoms with Crippen LogP contribution in [-0.4, -0.2) is 43.2 Å². The summed E-state index contributed by atoms with van der Waals surface area (Å²) < 4.78 is 5.10. The first-order valence-electron chi connectivity index (χ1n) is 5.30. The summed E-state index contributed by atoms with van der Waals surface area (Å²) in [6, 6.07) is 0.476. The summed E-state index contributed by atoms with van der Waals surface area (Å²) in [5.74, 6) is 4.92. The summed E-state index contributed by atoms with van der Waals surface area (Å²) in [7, 11) is 1.68. The number of nitrogens with two attached hydrogens (primary N) is 1. The van der Waals surface area contributed by atoms with Crippen molar-refractivity contribution >= 4 is 5.91 Å². The van der Waals surface area contributed by atoms with Gasteiger partial charge in [0.15, 0.2) is 0 Å². The second-order valence-corrected chi connectivity index (χ2v) is 3.76. The molecule has 0 rings (SSSR count). The lowest BCUT2D eigenvalue weighted by Crippen LogP contribution is -2.45. The molecule has 0 saturated carbocycles. The Hall–Kier alpha value is -0.650. The summed E-state index contributed by atoms with van der Waals surface area (Å²) in [5.41, 5.74) is 2.15. The van der Waals surface area contributed by atoms with Gasteiger partial charge in [0.2, 0.25) is 5.91 Å². The third-order valence-electron chi connectivity index (χ3n) is 2.55. The van der Waals surface area contributed by atoms with E-state index in [4.69, 9.17) is 10.6 Å². The molecule has 0 aliphatic carbocycles. The first kappa shape index (κ1) is 14.3. The van der Waals surface area contributed by atoms with Crippen LogP contribution in [0.1, 0.15) is 27.2 Å². The quantitative estimate of drug-likeness (QED) is 0.361. The van der Waals surface area contributed by atoms with Crippen molar-refractivity contribution in [1.29, 1.82) is 0 Å². The van der Waals surface area contributed by atoms with Gasteiger partial charge in [0.25, 0.3) is 0 Å². The van der Waals surface area contributed by atoms with Crippen molar-refractivity contribution in [1.82, 2.24) is 10.3 Å². The molecule has 3 N–H and O–H groups in total. The molecule has 5 nitrogen and oxygen atoms in total. The van der Waals surface area contributed by atoms with E-state index in [0.717, 1.165) is 6.54 Å². The van der Waals surface area contributed by atoms with Crippen molar-refractivity contribution in [3.63, 3.8) is 0 Å². The maximum Gasteiger partial charge on any atom is 0.235 e. The van der Waals surface area contributed by atoms with Gasteiger partial charge in [-0.1, -0.05) is 6.92 Å². The van der Waals surface area contributed by atoms with Crippen molar-refractivity contribution < 1.29 is 9.53 Å². The van der Waals surface area contributed by atoms with Gasteiger partial charge in [0.1, 0.15) is 0 Å². The number of hydrogen-bond acceptors (Lipinski definition) is 4. The molecule has 15 heavy (non-hydrogen) atoms. The molecule has 0 bridgehead atoms. The number of hydrogen-bond donors (Lipinski definition) is 2. The van der Waals surface area contributed by atoms with Gasteiger partial charge in [0, 0.05) is 25.6 Å². The average molecular weight is 217 g/mol. The number of nitrogens with zero attached hydrogens (tertiary/aromatic N) is 1. The van der Waals surface area contributed by atoms with E-state index in [1.807, 2.05) is 6.92 Å². The molecule has 0 aliphatic rings. The SMILES string of the molecule is CCN(C(C)COC)C(C)CC(=O)NN. The topological polar surface area (TPSA) is 67.6 Å². The molecule has 5 heteroatoms. The minimum Gasteiger partial charge on any atom is -0.383 e. The summed E-state index contributed by atoms with van der Waals surface area (Å²) in [4.78, 5) is 13.4. The van der Waals surface area contributed by atoms with Crippen LogP contribution in [0.3, 0.4) is 0 Å². The Morgan fingerprint density at radius 3 is 2.47 bits per heavy atom. The summed E-state index contributed by atoms with van der Waals surface area (Å²) in [5, 5.41) is 0. The van der Waals surface area contributed by atoms with E-state index in [1.54, 1.807) is 7.11 Å². The van der Waals surface area contributed by atoms with Gasteiger partial charge in [-0.2, -0.15) is 0 Å². The molecule has 0 aromatic rings. The number of rotatable bonds is 7. The Bertz CT molecular complexity index is 188. The van der Waals surface area contributed by atoms with Gasteiger partial charge >= 0.3 is 0 Å². The van der Waals surface area contributed by atoms with E-state index in [0.29, 0.717) is 19.1 Å². The van der Waals surface area contributed by atoms with Crippen LogP contribution in [0.25, 0.3) is 0 Å². The van der Waals surface area contributed by atoms with Gasteiger partial charge < -0.3 is 4.74 Å². The smallest absolute Gasteiger partial charge is 0.235 e. The molecule has 0 aromatic heterocycles. The van der Waals surface area contributed by atoms with Crippen molar-refractivity contribution in [2.45, 2.75) is 39.3 Å². The van der Waals surface area contributed by atoms with Gasteiger partial charge in [0.05, 0.1) is 6.61 Å². The molecule has 2 atom stereocenters. The fourth-order valence-electron chi connectivity index (χ4n) is 1.84. The highest BCUT2D eigenvalue weighted by atomic mass is 16.5. The normalized spacial score (nSPS) is 15.1. The Balaban J connectivity index is 4.19. The number of amides is 1. The Morgan fingerprint density at radius 1 is 1.47 bits per heavy atom. The lowest BCUT2D eigenvalue weighted by atomic mass is 10.1. The number of ether oxygens (including phenoxy) is 1.